The molecule has 0 saturated heterocycles. The first-order valence-electron chi connectivity index (χ1n) is 11.2. The van der Waals surface area contributed by atoms with Gasteiger partial charge in [0.2, 0.25) is 5.89 Å². The van der Waals surface area contributed by atoms with Crippen LogP contribution < -0.4 is 15.4 Å². The number of halogens is 2. The molecule has 1 amide bonds. The van der Waals surface area contributed by atoms with Crippen LogP contribution >= 0.6 is 39.7 Å². The van der Waals surface area contributed by atoms with E-state index in [1.165, 1.54) is 0 Å². The average molecular weight is 593 g/mol. The van der Waals surface area contributed by atoms with Crippen molar-refractivity contribution in [1.82, 2.24) is 10.3 Å². The number of amides is 1. The van der Waals surface area contributed by atoms with Gasteiger partial charge >= 0.3 is 0 Å². The second-order valence-electron chi connectivity index (χ2n) is 8.04. The molecule has 0 saturated carbocycles. The Balaban J connectivity index is 1.23. The van der Waals surface area contributed by atoms with Crippen LogP contribution in [0.5, 0.6) is 5.75 Å². The third-order valence-electron chi connectivity index (χ3n) is 5.38. The van der Waals surface area contributed by atoms with Crippen LogP contribution in [0.3, 0.4) is 0 Å². The predicted molar refractivity (Wildman–Crippen MR) is 153 cm³/mol. The summed E-state index contributed by atoms with van der Waals surface area (Å²) in [7, 11) is 0. The summed E-state index contributed by atoms with van der Waals surface area (Å²) in [6.45, 7) is 0.409. The molecule has 184 valence electrons. The molecule has 0 atom stereocenters. The first kappa shape index (κ1) is 25.0. The van der Waals surface area contributed by atoms with Crippen molar-refractivity contribution in [3.8, 4) is 17.2 Å². The maximum absolute atomic E-state index is 12.8. The lowest BCUT2D eigenvalue weighted by molar-refractivity contribution is 0.0977. The molecule has 4 aromatic carbocycles. The fourth-order valence-electron chi connectivity index (χ4n) is 3.59. The number of thiocarbonyl (C=S) groups is 1. The van der Waals surface area contributed by atoms with Crippen LogP contribution in [0, 0.1) is 0 Å². The number of carbonyl (C=O) groups is 1. The van der Waals surface area contributed by atoms with Gasteiger partial charge < -0.3 is 14.5 Å². The van der Waals surface area contributed by atoms with Gasteiger partial charge in [0, 0.05) is 15.7 Å². The lowest BCUT2D eigenvalue weighted by Gasteiger charge is -2.11. The molecule has 5 rings (SSSR count). The molecule has 1 heterocycles. The Kier molecular flexibility index (Phi) is 7.50. The van der Waals surface area contributed by atoms with E-state index in [1.54, 1.807) is 48.5 Å². The molecule has 5 aromatic rings. The van der Waals surface area contributed by atoms with Gasteiger partial charge in [0.15, 0.2) is 10.7 Å². The van der Waals surface area contributed by atoms with Crippen molar-refractivity contribution < 1.29 is 13.9 Å². The topological polar surface area (TPSA) is 76.4 Å². The number of rotatable bonds is 6. The maximum Gasteiger partial charge on any atom is 0.257 e. The normalized spacial score (nSPS) is 10.8. The van der Waals surface area contributed by atoms with Gasteiger partial charge in [-0.05, 0) is 72.4 Å². The first-order chi connectivity index (χ1) is 17.9. The van der Waals surface area contributed by atoms with Crippen LogP contribution in [-0.4, -0.2) is 16.0 Å². The second kappa shape index (κ2) is 11.1. The van der Waals surface area contributed by atoms with E-state index in [0.717, 1.165) is 10.0 Å². The van der Waals surface area contributed by atoms with Gasteiger partial charge in [-0.2, -0.15) is 0 Å². The van der Waals surface area contributed by atoms with Crippen LogP contribution in [0.2, 0.25) is 5.02 Å². The van der Waals surface area contributed by atoms with Gasteiger partial charge in [0.05, 0.1) is 10.6 Å². The van der Waals surface area contributed by atoms with Gasteiger partial charge in [0.1, 0.15) is 17.9 Å². The lowest BCUT2D eigenvalue weighted by Crippen LogP contribution is -2.34. The van der Waals surface area contributed by atoms with Crippen molar-refractivity contribution in [2.75, 3.05) is 5.32 Å². The van der Waals surface area contributed by atoms with Crippen LogP contribution in [-0.2, 0) is 6.61 Å². The number of benzene rings is 4. The number of fused-ring (bicyclic) bond motifs is 1. The summed E-state index contributed by atoms with van der Waals surface area (Å²) in [5.74, 6) is 0.647. The highest BCUT2D eigenvalue weighted by Crippen LogP contribution is 2.33. The smallest absolute Gasteiger partial charge is 0.257 e. The van der Waals surface area contributed by atoms with Crippen molar-refractivity contribution in [3.05, 3.63) is 112 Å². The van der Waals surface area contributed by atoms with Crippen molar-refractivity contribution >= 4 is 67.6 Å². The van der Waals surface area contributed by atoms with Crippen molar-refractivity contribution in [1.29, 1.82) is 0 Å². The Morgan fingerprint density at radius 2 is 1.84 bits per heavy atom. The summed E-state index contributed by atoms with van der Waals surface area (Å²) in [6.07, 6.45) is 0. The number of hydrogen-bond donors (Lipinski definition) is 2. The molecule has 0 aliphatic rings. The van der Waals surface area contributed by atoms with E-state index in [1.807, 2.05) is 42.5 Å². The molecular weight excluding hydrogens is 574 g/mol. The van der Waals surface area contributed by atoms with Crippen LogP contribution in [0.4, 0.5) is 5.69 Å². The summed E-state index contributed by atoms with van der Waals surface area (Å²) < 4.78 is 12.6. The molecule has 2 N–H and O–H groups in total. The molecule has 0 fully saturated rings. The highest BCUT2D eigenvalue weighted by molar-refractivity contribution is 9.10. The summed E-state index contributed by atoms with van der Waals surface area (Å²) in [5, 5.41) is 6.40. The highest BCUT2D eigenvalue weighted by atomic mass is 79.9. The van der Waals surface area contributed by atoms with Crippen LogP contribution in [0.25, 0.3) is 22.6 Å². The van der Waals surface area contributed by atoms with Gasteiger partial charge in [-0.1, -0.05) is 63.9 Å². The maximum atomic E-state index is 12.8. The number of anilines is 1. The van der Waals surface area contributed by atoms with Crippen LogP contribution in [0.15, 0.2) is 99.9 Å². The standard InChI is InChI=1S/C28H19BrClN3O3S/c29-19-9-11-23(30)22(14-19)27-32-24-15-20(10-12-25(24)36-27)31-28(37)33-26(34)18-7-4-8-21(13-18)35-16-17-5-2-1-3-6-17/h1-15H,16H2,(H2,31,33,34,37). The Hall–Kier alpha value is -3.72. The number of nitrogens with zero attached hydrogens (tertiary/aromatic N) is 1. The quantitative estimate of drug-likeness (QED) is 0.198. The van der Waals surface area contributed by atoms with Gasteiger partial charge in [-0.25, -0.2) is 4.98 Å². The fourth-order valence-corrected chi connectivity index (χ4v) is 4.36. The number of hydrogen-bond acceptors (Lipinski definition) is 5. The molecule has 0 aliphatic heterocycles. The highest BCUT2D eigenvalue weighted by Gasteiger charge is 2.14. The Labute approximate surface area is 231 Å². The zero-order chi connectivity index (χ0) is 25.8. The van der Waals surface area contributed by atoms with Crippen LogP contribution in [0.1, 0.15) is 15.9 Å². The van der Waals surface area contributed by atoms with Gasteiger partial charge in [0.25, 0.3) is 5.91 Å². The summed E-state index contributed by atoms with van der Waals surface area (Å²) in [4.78, 5) is 17.3. The molecule has 6 nitrogen and oxygen atoms in total. The van der Waals surface area contributed by atoms with E-state index in [9.17, 15) is 4.79 Å². The Bertz CT molecular complexity index is 1610. The molecular formula is C28H19BrClN3O3S. The van der Waals surface area contributed by atoms with E-state index < -0.39 is 0 Å². The second-order valence-corrected chi connectivity index (χ2v) is 9.77. The lowest BCUT2D eigenvalue weighted by atomic mass is 10.2. The predicted octanol–water partition coefficient (Wildman–Crippen LogP) is 7.62. The van der Waals surface area contributed by atoms with Crippen molar-refractivity contribution in [3.63, 3.8) is 0 Å². The largest absolute Gasteiger partial charge is 0.489 e. The molecule has 0 spiro atoms. The SMILES string of the molecule is O=C(NC(=S)Nc1ccc2oc(-c3cc(Br)ccc3Cl)nc2c1)c1cccc(OCc2ccccc2)c1. The number of aromatic nitrogens is 1. The van der Waals surface area contributed by atoms with E-state index in [2.05, 4.69) is 31.5 Å². The molecule has 0 radical (unpaired) electrons. The minimum atomic E-state index is -0.350. The molecule has 9 heteroatoms. The molecule has 0 bridgehead atoms. The van der Waals surface area contributed by atoms with E-state index in [4.69, 9.17) is 33.0 Å². The Morgan fingerprint density at radius 1 is 1.00 bits per heavy atom. The van der Waals surface area contributed by atoms with Crippen molar-refractivity contribution in [2.45, 2.75) is 6.61 Å². The Morgan fingerprint density at radius 3 is 2.68 bits per heavy atom. The number of carbonyl (C=O) groups excluding carboxylic acids is 1. The minimum Gasteiger partial charge on any atom is -0.489 e. The number of nitrogens with one attached hydrogen (secondary N) is 2. The number of oxazole rings is 1. The van der Waals surface area contributed by atoms with E-state index in [0.29, 0.717) is 51.2 Å². The molecule has 37 heavy (non-hydrogen) atoms. The fraction of sp³-hybridized carbons (Fsp3) is 0.0357. The number of ether oxygens (including phenoxy) is 1. The first-order valence-corrected chi connectivity index (χ1v) is 12.8. The third kappa shape index (κ3) is 6.17. The summed E-state index contributed by atoms with van der Waals surface area (Å²) >= 11 is 15.1. The minimum absolute atomic E-state index is 0.152. The molecule has 1 aromatic heterocycles. The molecule has 0 aliphatic carbocycles. The summed E-state index contributed by atoms with van der Waals surface area (Å²) in [5.41, 5.74) is 4.01. The average Bonchev–Trinajstić information content (AvgIpc) is 3.33. The molecule has 0 unspecified atom stereocenters. The zero-order valence-corrected chi connectivity index (χ0v) is 22.4. The van der Waals surface area contributed by atoms with E-state index >= 15 is 0 Å². The zero-order valence-electron chi connectivity index (χ0n) is 19.2. The summed E-state index contributed by atoms with van der Waals surface area (Å²) in [6, 6.07) is 27.6. The van der Waals surface area contributed by atoms with Gasteiger partial charge in [-0.15, -0.1) is 0 Å². The monoisotopic (exact) mass is 591 g/mol. The third-order valence-corrected chi connectivity index (χ3v) is 6.40. The van der Waals surface area contributed by atoms with Gasteiger partial charge in [-0.3, -0.25) is 10.1 Å². The van der Waals surface area contributed by atoms with E-state index in [-0.39, 0.29) is 11.0 Å². The van der Waals surface area contributed by atoms with Crippen molar-refractivity contribution in [2.24, 2.45) is 0 Å².